The molecule has 0 bridgehead atoms. The predicted octanol–water partition coefficient (Wildman–Crippen LogP) is 3.46. The van der Waals surface area contributed by atoms with E-state index in [0.717, 1.165) is 29.1 Å². The molecular weight excluding hydrogens is 268 g/mol. The van der Waals surface area contributed by atoms with Crippen LogP contribution in [-0.4, -0.2) is 15.3 Å². The van der Waals surface area contributed by atoms with Crippen LogP contribution in [0.2, 0.25) is 0 Å². The Morgan fingerprint density at radius 1 is 1.29 bits per heavy atom. The second kappa shape index (κ2) is 4.84. The number of benzene rings is 1. The van der Waals surface area contributed by atoms with E-state index in [0.29, 0.717) is 12.3 Å². The van der Waals surface area contributed by atoms with Crippen molar-refractivity contribution >= 4 is 11.5 Å². The van der Waals surface area contributed by atoms with E-state index in [1.807, 2.05) is 23.6 Å². The molecule has 2 aromatic rings. The van der Waals surface area contributed by atoms with Crippen LogP contribution in [0.3, 0.4) is 0 Å². The number of rotatable bonds is 2. The summed E-state index contributed by atoms with van der Waals surface area (Å²) in [6.07, 6.45) is 1.39. The summed E-state index contributed by atoms with van der Waals surface area (Å²) in [5.74, 6) is 0.466. The molecule has 0 spiro atoms. The van der Waals surface area contributed by atoms with Gasteiger partial charge in [-0.05, 0) is 31.4 Å². The molecule has 1 atom stereocenters. The van der Waals surface area contributed by atoms with Gasteiger partial charge < -0.3 is 4.57 Å². The normalized spacial score (nSPS) is 17.6. The Kier molecular flexibility index (Phi) is 3.12. The summed E-state index contributed by atoms with van der Waals surface area (Å²) < 4.78 is 1.97. The molecule has 0 unspecified atom stereocenters. The van der Waals surface area contributed by atoms with Gasteiger partial charge in [-0.1, -0.05) is 13.0 Å². The summed E-state index contributed by atoms with van der Waals surface area (Å²) in [6.45, 7) is 3.98. The topological polar surface area (TPSA) is 65.1 Å². The van der Waals surface area contributed by atoms with Crippen LogP contribution in [0, 0.1) is 23.0 Å². The molecular formula is C16H16N2O3. The van der Waals surface area contributed by atoms with Crippen molar-refractivity contribution in [3.8, 4) is 5.69 Å². The maximum Gasteiger partial charge on any atom is 0.271 e. The summed E-state index contributed by atoms with van der Waals surface area (Å²) in [7, 11) is 0. The molecule has 1 aromatic heterocycles. The number of ketones is 1. The highest BCUT2D eigenvalue weighted by Crippen LogP contribution is 2.31. The fourth-order valence-corrected chi connectivity index (χ4v) is 3.07. The van der Waals surface area contributed by atoms with Crippen LogP contribution in [0.5, 0.6) is 0 Å². The zero-order valence-electron chi connectivity index (χ0n) is 12.0. The average Bonchev–Trinajstić information content (AvgIpc) is 2.75. The first-order valence-electron chi connectivity index (χ1n) is 6.96. The van der Waals surface area contributed by atoms with Crippen LogP contribution in [0.1, 0.15) is 35.1 Å². The van der Waals surface area contributed by atoms with Crippen LogP contribution in [-0.2, 0) is 6.42 Å². The molecule has 1 aromatic carbocycles. The van der Waals surface area contributed by atoms with E-state index in [-0.39, 0.29) is 11.5 Å². The van der Waals surface area contributed by atoms with Gasteiger partial charge in [-0.25, -0.2) is 0 Å². The third-order valence-electron chi connectivity index (χ3n) is 3.96. The van der Waals surface area contributed by atoms with Crippen molar-refractivity contribution < 1.29 is 9.72 Å². The zero-order valence-corrected chi connectivity index (χ0v) is 12.0. The lowest BCUT2D eigenvalue weighted by Gasteiger charge is -2.20. The standard InChI is InChI=1S/C16H16N2O3/c1-10-6-15-14(16(19)7-10)8-11(2)17(15)12-4-3-5-13(9-12)18(20)21/h3-5,8-10H,6-7H2,1-2H3/t10-/m1/s1. The van der Waals surface area contributed by atoms with Gasteiger partial charge in [0.1, 0.15) is 0 Å². The Morgan fingerprint density at radius 3 is 2.76 bits per heavy atom. The van der Waals surface area contributed by atoms with Gasteiger partial charge >= 0.3 is 0 Å². The molecule has 1 heterocycles. The van der Waals surface area contributed by atoms with Crippen LogP contribution < -0.4 is 0 Å². The number of nitro groups is 1. The Morgan fingerprint density at radius 2 is 2.05 bits per heavy atom. The lowest BCUT2D eigenvalue weighted by molar-refractivity contribution is -0.384. The monoisotopic (exact) mass is 284 g/mol. The predicted molar refractivity (Wildman–Crippen MR) is 79.0 cm³/mol. The van der Waals surface area contributed by atoms with Gasteiger partial charge in [-0.15, -0.1) is 0 Å². The summed E-state index contributed by atoms with van der Waals surface area (Å²) in [5, 5.41) is 10.9. The Bertz CT molecular complexity index is 746. The molecule has 5 heteroatoms. The molecule has 3 rings (SSSR count). The third-order valence-corrected chi connectivity index (χ3v) is 3.96. The largest absolute Gasteiger partial charge is 0.317 e. The number of nitro benzene ring substituents is 1. The van der Waals surface area contributed by atoms with E-state index >= 15 is 0 Å². The smallest absolute Gasteiger partial charge is 0.271 e. The molecule has 0 N–H and O–H groups in total. The fraction of sp³-hybridized carbons (Fsp3) is 0.312. The molecule has 0 saturated heterocycles. The maximum atomic E-state index is 12.1. The van der Waals surface area contributed by atoms with E-state index < -0.39 is 4.92 Å². The second-order valence-corrected chi connectivity index (χ2v) is 5.70. The molecule has 0 aliphatic heterocycles. The SMILES string of the molecule is Cc1cc2c(n1-c1cccc([N+](=O)[O-])c1)C[C@@H](C)CC2=O. The number of fused-ring (bicyclic) bond motifs is 1. The van der Waals surface area contributed by atoms with Crippen LogP contribution in [0.4, 0.5) is 5.69 Å². The van der Waals surface area contributed by atoms with Crippen molar-refractivity contribution in [1.29, 1.82) is 0 Å². The van der Waals surface area contributed by atoms with Crippen molar-refractivity contribution in [2.45, 2.75) is 26.7 Å². The Labute approximate surface area is 122 Å². The number of hydrogen-bond acceptors (Lipinski definition) is 3. The molecule has 5 nitrogen and oxygen atoms in total. The number of carbonyl (C=O) groups excluding carboxylic acids is 1. The minimum Gasteiger partial charge on any atom is -0.317 e. The first-order valence-corrected chi connectivity index (χ1v) is 6.96. The highest BCUT2D eigenvalue weighted by atomic mass is 16.6. The fourth-order valence-electron chi connectivity index (χ4n) is 3.07. The highest BCUT2D eigenvalue weighted by molar-refractivity contribution is 5.99. The van der Waals surface area contributed by atoms with Crippen molar-refractivity contribution in [2.24, 2.45) is 5.92 Å². The molecule has 0 radical (unpaired) electrons. The Balaban J connectivity index is 2.18. The number of aryl methyl sites for hydroxylation is 1. The second-order valence-electron chi connectivity index (χ2n) is 5.70. The number of Topliss-reactive ketones (excluding diaryl/α,β-unsaturated/α-hetero) is 1. The number of hydrogen-bond donors (Lipinski definition) is 0. The van der Waals surface area contributed by atoms with Gasteiger partial charge in [0, 0.05) is 35.5 Å². The molecule has 1 aliphatic carbocycles. The van der Waals surface area contributed by atoms with Gasteiger partial charge in [-0.3, -0.25) is 14.9 Å². The van der Waals surface area contributed by atoms with Gasteiger partial charge in [0.05, 0.1) is 10.6 Å². The summed E-state index contributed by atoms with van der Waals surface area (Å²) in [6, 6.07) is 8.43. The van der Waals surface area contributed by atoms with Crippen molar-refractivity contribution in [3.63, 3.8) is 0 Å². The quantitative estimate of drug-likeness (QED) is 0.626. The molecule has 0 saturated carbocycles. The summed E-state index contributed by atoms with van der Waals surface area (Å²) in [4.78, 5) is 22.7. The van der Waals surface area contributed by atoms with Crippen LogP contribution >= 0.6 is 0 Å². The van der Waals surface area contributed by atoms with E-state index in [1.165, 1.54) is 6.07 Å². The number of nitrogens with zero attached hydrogens (tertiary/aromatic N) is 2. The summed E-state index contributed by atoms with van der Waals surface area (Å²) >= 11 is 0. The zero-order chi connectivity index (χ0) is 15.1. The molecule has 0 amide bonds. The molecule has 1 aliphatic rings. The first kappa shape index (κ1) is 13.5. The van der Waals surface area contributed by atoms with Crippen molar-refractivity contribution in [3.05, 3.63) is 57.4 Å². The van der Waals surface area contributed by atoms with E-state index in [2.05, 4.69) is 6.92 Å². The van der Waals surface area contributed by atoms with E-state index in [1.54, 1.807) is 12.1 Å². The van der Waals surface area contributed by atoms with Gasteiger partial charge in [-0.2, -0.15) is 0 Å². The van der Waals surface area contributed by atoms with Gasteiger partial charge in [0.15, 0.2) is 5.78 Å². The van der Waals surface area contributed by atoms with Gasteiger partial charge in [0.25, 0.3) is 5.69 Å². The minimum absolute atomic E-state index is 0.0598. The van der Waals surface area contributed by atoms with Crippen LogP contribution in [0.15, 0.2) is 30.3 Å². The minimum atomic E-state index is -0.400. The lowest BCUT2D eigenvalue weighted by Crippen LogP contribution is -2.19. The third kappa shape index (κ3) is 2.24. The Hall–Kier alpha value is -2.43. The van der Waals surface area contributed by atoms with Crippen LogP contribution in [0.25, 0.3) is 5.69 Å². The first-order chi connectivity index (χ1) is 9.97. The molecule has 21 heavy (non-hydrogen) atoms. The lowest BCUT2D eigenvalue weighted by atomic mass is 9.88. The van der Waals surface area contributed by atoms with E-state index in [9.17, 15) is 14.9 Å². The molecule has 108 valence electrons. The number of carbonyl (C=O) groups is 1. The average molecular weight is 284 g/mol. The number of non-ortho nitro benzene ring substituents is 1. The van der Waals surface area contributed by atoms with Crippen molar-refractivity contribution in [1.82, 2.24) is 4.57 Å². The van der Waals surface area contributed by atoms with Gasteiger partial charge in [0.2, 0.25) is 0 Å². The van der Waals surface area contributed by atoms with Crippen molar-refractivity contribution in [2.75, 3.05) is 0 Å². The summed E-state index contributed by atoms with van der Waals surface area (Å²) in [5.41, 5.74) is 3.46. The highest BCUT2D eigenvalue weighted by Gasteiger charge is 2.27. The molecule has 0 fully saturated rings. The maximum absolute atomic E-state index is 12.1. The van der Waals surface area contributed by atoms with E-state index in [4.69, 9.17) is 0 Å². The number of aromatic nitrogens is 1.